The van der Waals surface area contributed by atoms with E-state index in [0.29, 0.717) is 20.6 Å². The van der Waals surface area contributed by atoms with Gasteiger partial charge in [0.05, 0.1) is 15.1 Å². The molecule has 1 aromatic carbocycles. The summed E-state index contributed by atoms with van der Waals surface area (Å²) in [5.74, 6) is 0. The molecular weight excluding hydrogens is 287 g/mol. The number of aliphatic hydroxyl groups is 1. The zero-order chi connectivity index (χ0) is 11.7. The first-order chi connectivity index (χ1) is 7.58. The molecule has 16 heavy (non-hydrogen) atoms. The van der Waals surface area contributed by atoms with Gasteiger partial charge in [0.2, 0.25) is 0 Å². The van der Waals surface area contributed by atoms with Crippen molar-refractivity contribution < 1.29 is 5.11 Å². The van der Waals surface area contributed by atoms with Gasteiger partial charge in [-0.25, -0.2) is 0 Å². The number of benzene rings is 1. The van der Waals surface area contributed by atoms with Gasteiger partial charge in [0.25, 0.3) is 0 Å². The van der Waals surface area contributed by atoms with E-state index in [1.54, 1.807) is 29.6 Å². The van der Waals surface area contributed by atoms with E-state index >= 15 is 0 Å². The minimum atomic E-state index is -0.715. The standard InChI is InChI=1S/C11H7Cl3OS/c12-7-4-10(16-5-7)11(15)6-1-2-8(13)9(14)3-6/h1-5,11,15H. The van der Waals surface area contributed by atoms with Gasteiger partial charge >= 0.3 is 0 Å². The molecule has 0 radical (unpaired) electrons. The predicted octanol–water partition coefficient (Wildman–Crippen LogP) is 4.79. The third kappa shape index (κ3) is 2.53. The molecular formula is C11H7Cl3OS. The molecule has 1 unspecified atom stereocenters. The van der Waals surface area contributed by atoms with Crippen molar-refractivity contribution in [1.29, 1.82) is 0 Å². The quantitative estimate of drug-likeness (QED) is 0.844. The molecule has 2 rings (SSSR count). The molecule has 1 aromatic heterocycles. The van der Waals surface area contributed by atoms with Crippen LogP contribution in [-0.4, -0.2) is 5.11 Å². The molecule has 0 aliphatic heterocycles. The fourth-order valence-electron chi connectivity index (χ4n) is 1.32. The maximum atomic E-state index is 10.1. The van der Waals surface area contributed by atoms with E-state index in [2.05, 4.69) is 0 Å². The lowest BCUT2D eigenvalue weighted by atomic mass is 10.1. The van der Waals surface area contributed by atoms with E-state index in [-0.39, 0.29) is 0 Å². The summed E-state index contributed by atoms with van der Waals surface area (Å²) >= 11 is 18.9. The zero-order valence-electron chi connectivity index (χ0n) is 7.95. The lowest BCUT2D eigenvalue weighted by Crippen LogP contribution is -1.96. The molecule has 1 atom stereocenters. The fraction of sp³-hybridized carbons (Fsp3) is 0.0909. The van der Waals surface area contributed by atoms with Gasteiger partial charge in [0.15, 0.2) is 0 Å². The van der Waals surface area contributed by atoms with Gasteiger partial charge in [0, 0.05) is 10.3 Å². The lowest BCUT2D eigenvalue weighted by molar-refractivity contribution is 0.224. The van der Waals surface area contributed by atoms with Crippen LogP contribution < -0.4 is 0 Å². The second-order valence-electron chi connectivity index (χ2n) is 3.24. The van der Waals surface area contributed by atoms with Gasteiger partial charge in [0.1, 0.15) is 6.10 Å². The van der Waals surface area contributed by atoms with E-state index in [4.69, 9.17) is 34.8 Å². The molecule has 1 N–H and O–H groups in total. The Labute approximate surface area is 112 Å². The molecule has 84 valence electrons. The van der Waals surface area contributed by atoms with Crippen LogP contribution in [0.4, 0.5) is 0 Å². The van der Waals surface area contributed by atoms with E-state index in [0.717, 1.165) is 4.88 Å². The molecule has 0 saturated carbocycles. The van der Waals surface area contributed by atoms with Crippen molar-refractivity contribution >= 4 is 46.1 Å². The molecule has 0 bridgehead atoms. The highest BCUT2D eigenvalue weighted by atomic mass is 35.5. The van der Waals surface area contributed by atoms with Crippen molar-refractivity contribution in [2.24, 2.45) is 0 Å². The van der Waals surface area contributed by atoms with Gasteiger partial charge in [-0.2, -0.15) is 0 Å². The SMILES string of the molecule is OC(c1ccc(Cl)c(Cl)c1)c1cc(Cl)cs1. The van der Waals surface area contributed by atoms with Crippen LogP contribution in [0.3, 0.4) is 0 Å². The molecule has 0 fully saturated rings. The molecule has 2 aromatic rings. The normalized spacial score (nSPS) is 12.8. The molecule has 0 spiro atoms. The summed E-state index contributed by atoms with van der Waals surface area (Å²) in [5.41, 5.74) is 0.702. The average molecular weight is 294 g/mol. The molecule has 0 aliphatic carbocycles. The Kier molecular flexibility index (Phi) is 3.77. The third-order valence-corrected chi connectivity index (χ3v) is 4.19. The number of hydrogen-bond acceptors (Lipinski definition) is 2. The number of thiophene rings is 1. The number of halogens is 3. The van der Waals surface area contributed by atoms with E-state index < -0.39 is 6.10 Å². The molecule has 0 amide bonds. The number of hydrogen-bond donors (Lipinski definition) is 1. The summed E-state index contributed by atoms with van der Waals surface area (Å²) < 4.78 is 0. The summed E-state index contributed by atoms with van der Waals surface area (Å²) in [7, 11) is 0. The Hall–Kier alpha value is -0.250. The largest absolute Gasteiger partial charge is 0.383 e. The summed E-state index contributed by atoms with van der Waals surface area (Å²) in [6.07, 6.45) is -0.715. The van der Waals surface area contributed by atoms with Crippen molar-refractivity contribution in [3.8, 4) is 0 Å². The van der Waals surface area contributed by atoms with Crippen molar-refractivity contribution in [2.75, 3.05) is 0 Å². The fourth-order valence-corrected chi connectivity index (χ4v) is 2.72. The highest BCUT2D eigenvalue weighted by molar-refractivity contribution is 7.10. The monoisotopic (exact) mass is 292 g/mol. The van der Waals surface area contributed by atoms with Crippen molar-refractivity contribution in [1.82, 2.24) is 0 Å². The minimum Gasteiger partial charge on any atom is -0.383 e. The third-order valence-electron chi connectivity index (χ3n) is 2.12. The van der Waals surface area contributed by atoms with Gasteiger partial charge in [-0.1, -0.05) is 40.9 Å². The van der Waals surface area contributed by atoms with Crippen LogP contribution in [0.25, 0.3) is 0 Å². The first kappa shape index (κ1) is 12.2. The van der Waals surface area contributed by atoms with Crippen LogP contribution in [0.5, 0.6) is 0 Å². The van der Waals surface area contributed by atoms with Crippen LogP contribution in [0.2, 0.25) is 15.1 Å². The Bertz CT molecular complexity index is 510. The lowest BCUT2D eigenvalue weighted by Gasteiger charge is -2.09. The maximum Gasteiger partial charge on any atom is 0.113 e. The molecule has 5 heteroatoms. The molecule has 1 nitrogen and oxygen atoms in total. The van der Waals surface area contributed by atoms with Crippen molar-refractivity contribution in [2.45, 2.75) is 6.10 Å². The molecule has 0 saturated heterocycles. The second kappa shape index (κ2) is 4.94. The van der Waals surface area contributed by atoms with E-state index in [1.165, 1.54) is 11.3 Å². The first-order valence-electron chi connectivity index (χ1n) is 4.45. The number of rotatable bonds is 2. The van der Waals surface area contributed by atoms with Crippen LogP contribution in [0, 0.1) is 0 Å². The van der Waals surface area contributed by atoms with Crippen LogP contribution in [0.1, 0.15) is 16.5 Å². The van der Waals surface area contributed by atoms with Crippen molar-refractivity contribution in [3.63, 3.8) is 0 Å². The van der Waals surface area contributed by atoms with Crippen molar-refractivity contribution in [3.05, 3.63) is 55.2 Å². The Morgan fingerprint density at radius 1 is 1.06 bits per heavy atom. The molecule has 0 aliphatic rings. The zero-order valence-corrected chi connectivity index (χ0v) is 11.0. The summed E-state index contributed by atoms with van der Waals surface area (Å²) in [6.45, 7) is 0. The Balaban J connectivity index is 2.33. The summed E-state index contributed by atoms with van der Waals surface area (Å²) in [6, 6.07) is 6.80. The highest BCUT2D eigenvalue weighted by Gasteiger charge is 2.13. The van der Waals surface area contributed by atoms with Gasteiger partial charge in [-0.3, -0.25) is 0 Å². The van der Waals surface area contributed by atoms with E-state index in [1.807, 2.05) is 0 Å². The van der Waals surface area contributed by atoms with Gasteiger partial charge in [-0.15, -0.1) is 11.3 Å². The highest BCUT2D eigenvalue weighted by Crippen LogP contribution is 2.32. The van der Waals surface area contributed by atoms with E-state index in [9.17, 15) is 5.11 Å². The van der Waals surface area contributed by atoms with Gasteiger partial charge in [-0.05, 0) is 23.8 Å². The first-order valence-corrected chi connectivity index (χ1v) is 6.46. The topological polar surface area (TPSA) is 20.2 Å². The second-order valence-corrected chi connectivity index (χ2v) is 5.44. The minimum absolute atomic E-state index is 0.431. The number of aliphatic hydroxyl groups excluding tert-OH is 1. The Morgan fingerprint density at radius 2 is 1.81 bits per heavy atom. The van der Waals surface area contributed by atoms with Crippen LogP contribution in [0.15, 0.2) is 29.6 Å². The molecule has 1 heterocycles. The van der Waals surface area contributed by atoms with Crippen LogP contribution in [-0.2, 0) is 0 Å². The average Bonchev–Trinajstić information content (AvgIpc) is 2.68. The van der Waals surface area contributed by atoms with Gasteiger partial charge < -0.3 is 5.11 Å². The predicted molar refractivity (Wildman–Crippen MR) is 69.9 cm³/mol. The Morgan fingerprint density at radius 3 is 2.38 bits per heavy atom. The van der Waals surface area contributed by atoms with Crippen LogP contribution >= 0.6 is 46.1 Å². The maximum absolute atomic E-state index is 10.1. The summed E-state index contributed by atoms with van der Waals surface area (Å²) in [5, 5.41) is 13.4. The smallest absolute Gasteiger partial charge is 0.113 e. The summed E-state index contributed by atoms with van der Waals surface area (Å²) in [4.78, 5) is 0.781.